The predicted molar refractivity (Wildman–Crippen MR) is 132 cm³/mol. The van der Waals surface area contributed by atoms with Crippen LogP contribution >= 0.6 is 11.6 Å². The Balaban J connectivity index is 1.58. The van der Waals surface area contributed by atoms with E-state index < -0.39 is 6.04 Å². The summed E-state index contributed by atoms with van der Waals surface area (Å²) >= 11 is 6.65. The highest BCUT2D eigenvalue weighted by atomic mass is 35.5. The van der Waals surface area contributed by atoms with Crippen molar-refractivity contribution in [2.75, 3.05) is 21.3 Å². The maximum Gasteiger partial charge on any atom is 0.310 e. The minimum absolute atomic E-state index is 0.182. The lowest BCUT2D eigenvalue weighted by molar-refractivity contribution is 0.0678. The summed E-state index contributed by atoms with van der Waals surface area (Å²) in [6.45, 7) is 0. The van der Waals surface area contributed by atoms with Gasteiger partial charge in [-0.1, -0.05) is 11.6 Å². The molecule has 8 nitrogen and oxygen atoms in total. The monoisotopic (exact) mass is 491 g/mol. The van der Waals surface area contributed by atoms with Crippen molar-refractivity contribution in [2.45, 2.75) is 12.5 Å². The molecule has 1 atom stereocenters. The molecular formula is C26H22ClN3O5. The van der Waals surface area contributed by atoms with Gasteiger partial charge in [0.1, 0.15) is 10.9 Å². The molecule has 2 aromatic heterocycles. The van der Waals surface area contributed by atoms with Crippen LogP contribution in [0.5, 0.6) is 17.2 Å². The number of nitrogens with zero attached hydrogens (tertiary/aromatic N) is 3. The zero-order chi connectivity index (χ0) is 24.5. The fraction of sp³-hybridized carbons (Fsp3) is 0.192. The van der Waals surface area contributed by atoms with E-state index in [-0.39, 0.29) is 16.8 Å². The standard InChI is InChI=1S/C26H22ClN3O5/c1-32-17-8-6-15-11-18(25(27)28-19(15)13-17)21-14-20(16-7-9-22(33-2)24(12-16)34-3)29-30(21)26(31)23-5-4-10-35-23/h4-13,21H,14H2,1-3H3/t21-/m0/s1. The maximum absolute atomic E-state index is 13.4. The van der Waals surface area contributed by atoms with Gasteiger partial charge in [-0.15, -0.1) is 0 Å². The summed E-state index contributed by atoms with van der Waals surface area (Å²) in [4.78, 5) is 17.9. The second kappa shape index (κ2) is 9.31. The zero-order valence-corrected chi connectivity index (χ0v) is 20.1. The third-order valence-electron chi connectivity index (χ3n) is 5.93. The quantitative estimate of drug-likeness (QED) is 0.331. The third kappa shape index (κ3) is 4.17. The van der Waals surface area contributed by atoms with E-state index >= 15 is 0 Å². The van der Waals surface area contributed by atoms with Crippen LogP contribution in [0.4, 0.5) is 0 Å². The number of amides is 1. The van der Waals surface area contributed by atoms with Crippen LogP contribution in [-0.4, -0.2) is 42.9 Å². The second-order valence-corrected chi connectivity index (χ2v) is 8.25. The summed E-state index contributed by atoms with van der Waals surface area (Å²) in [6, 6.07) is 15.8. The lowest BCUT2D eigenvalue weighted by Crippen LogP contribution is -2.27. The molecule has 1 aliphatic rings. The molecule has 9 heteroatoms. The van der Waals surface area contributed by atoms with E-state index in [1.807, 2.05) is 36.4 Å². The molecule has 0 N–H and O–H groups in total. The molecule has 1 amide bonds. The molecule has 178 valence electrons. The molecule has 5 rings (SSSR count). The number of hydrogen-bond donors (Lipinski definition) is 0. The van der Waals surface area contributed by atoms with E-state index in [0.29, 0.717) is 40.5 Å². The molecule has 4 aromatic rings. The van der Waals surface area contributed by atoms with E-state index in [2.05, 4.69) is 10.1 Å². The Labute approximate surface area is 206 Å². The predicted octanol–water partition coefficient (Wildman–Crippen LogP) is 5.50. The van der Waals surface area contributed by atoms with Crippen molar-refractivity contribution < 1.29 is 23.4 Å². The number of halogens is 1. The van der Waals surface area contributed by atoms with Crippen molar-refractivity contribution >= 4 is 34.1 Å². The molecule has 0 saturated carbocycles. The number of benzene rings is 2. The smallest absolute Gasteiger partial charge is 0.310 e. The average molecular weight is 492 g/mol. The molecule has 1 aliphatic heterocycles. The van der Waals surface area contributed by atoms with Gasteiger partial charge in [-0.05, 0) is 48.5 Å². The first kappa shape index (κ1) is 22.7. The molecule has 0 radical (unpaired) electrons. The summed E-state index contributed by atoms with van der Waals surface area (Å²) in [5.41, 5.74) is 2.88. The first-order chi connectivity index (χ1) is 17.0. The topological polar surface area (TPSA) is 86.4 Å². The Hall–Kier alpha value is -4.04. The van der Waals surface area contributed by atoms with Gasteiger partial charge in [-0.3, -0.25) is 4.79 Å². The summed E-state index contributed by atoms with van der Waals surface area (Å²) in [6.07, 6.45) is 1.88. The number of pyridine rings is 1. The first-order valence-corrected chi connectivity index (χ1v) is 11.2. The van der Waals surface area contributed by atoms with Crippen LogP contribution in [0.25, 0.3) is 10.9 Å². The van der Waals surface area contributed by atoms with Crippen LogP contribution in [0.2, 0.25) is 5.15 Å². The fourth-order valence-electron chi connectivity index (χ4n) is 4.14. The van der Waals surface area contributed by atoms with Crippen LogP contribution in [-0.2, 0) is 0 Å². The number of carbonyl (C=O) groups is 1. The Morgan fingerprint density at radius 1 is 1.03 bits per heavy atom. The van der Waals surface area contributed by atoms with E-state index in [4.69, 9.17) is 30.2 Å². The van der Waals surface area contributed by atoms with Crippen molar-refractivity contribution in [3.05, 3.63) is 82.9 Å². The van der Waals surface area contributed by atoms with Crippen molar-refractivity contribution in [1.29, 1.82) is 0 Å². The van der Waals surface area contributed by atoms with Crippen LogP contribution in [0.3, 0.4) is 0 Å². The molecule has 0 fully saturated rings. The number of hydrazone groups is 1. The molecule has 0 aliphatic carbocycles. The van der Waals surface area contributed by atoms with Gasteiger partial charge in [-0.2, -0.15) is 5.10 Å². The lowest BCUT2D eigenvalue weighted by Gasteiger charge is -2.22. The van der Waals surface area contributed by atoms with Gasteiger partial charge < -0.3 is 18.6 Å². The third-order valence-corrected chi connectivity index (χ3v) is 6.23. The van der Waals surface area contributed by atoms with Gasteiger partial charge in [0.2, 0.25) is 0 Å². The van der Waals surface area contributed by atoms with Gasteiger partial charge in [0.15, 0.2) is 17.3 Å². The fourth-order valence-corrected chi connectivity index (χ4v) is 4.42. The average Bonchev–Trinajstić information content (AvgIpc) is 3.58. The Kier molecular flexibility index (Phi) is 6.05. The number of methoxy groups -OCH3 is 3. The summed E-state index contributed by atoms with van der Waals surface area (Å²) < 4.78 is 21.5. The van der Waals surface area contributed by atoms with Gasteiger partial charge in [0.05, 0.1) is 44.9 Å². The Morgan fingerprint density at radius 3 is 2.57 bits per heavy atom. The highest BCUT2D eigenvalue weighted by Gasteiger charge is 2.36. The maximum atomic E-state index is 13.4. The molecule has 35 heavy (non-hydrogen) atoms. The summed E-state index contributed by atoms with van der Waals surface area (Å²) in [5.74, 6) is 1.66. The molecule has 3 heterocycles. The molecule has 0 spiro atoms. The molecular weight excluding hydrogens is 470 g/mol. The highest BCUT2D eigenvalue weighted by Crippen LogP contribution is 2.39. The number of ether oxygens (including phenoxy) is 3. The zero-order valence-electron chi connectivity index (χ0n) is 19.3. The minimum atomic E-state index is -0.484. The first-order valence-electron chi connectivity index (χ1n) is 10.8. The van der Waals surface area contributed by atoms with Crippen LogP contribution in [0, 0.1) is 0 Å². The number of aromatic nitrogens is 1. The highest BCUT2D eigenvalue weighted by molar-refractivity contribution is 6.30. The molecule has 0 saturated heterocycles. The SMILES string of the molecule is COc1ccc2cc([C@@H]3CC(c4ccc(OC)c(OC)c4)=NN3C(=O)c3ccco3)c(Cl)nc2c1. The van der Waals surface area contributed by atoms with Gasteiger partial charge >= 0.3 is 5.91 Å². The van der Waals surface area contributed by atoms with E-state index in [1.165, 1.54) is 11.3 Å². The van der Waals surface area contributed by atoms with Crippen LogP contribution in [0.1, 0.15) is 34.1 Å². The second-order valence-electron chi connectivity index (χ2n) is 7.89. The molecule has 0 bridgehead atoms. The number of rotatable bonds is 6. The molecule has 2 aromatic carbocycles. The van der Waals surface area contributed by atoms with E-state index in [1.54, 1.807) is 39.5 Å². The van der Waals surface area contributed by atoms with Gasteiger partial charge in [-0.25, -0.2) is 9.99 Å². The molecule has 0 unspecified atom stereocenters. The van der Waals surface area contributed by atoms with Crippen molar-refractivity contribution in [3.63, 3.8) is 0 Å². The Bertz CT molecular complexity index is 1430. The van der Waals surface area contributed by atoms with Crippen molar-refractivity contribution in [3.8, 4) is 17.2 Å². The number of hydrogen-bond acceptors (Lipinski definition) is 7. The summed E-state index contributed by atoms with van der Waals surface area (Å²) in [7, 11) is 4.75. The Morgan fingerprint density at radius 2 is 1.86 bits per heavy atom. The largest absolute Gasteiger partial charge is 0.497 e. The summed E-state index contributed by atoms with van der Waals surface area (Å²) in [5, 5.41) is 7.25. The van der Waals surface area contributed by atoms with Crippen molar-refractivity contribution in [1.82, 2.24) is 9.99 Å². The number of fused-ring (bicyclic) bond motifs is 1. The van der Waals surface area contributed by atoms with Gasteiger partial charge in [0.25, 0.3) is 0 Å². The van der Waals surface area contributed by atoms with Crippen LogP contribution in [0.15, 0.2) is 70.4 Å². The normalized spacial score (nSPS) is 15.3. The van der Waals surface area contributed by atoms with Gasteiger partial charge in [0, 0.05) is 29.0 Å². The number of carbonyl (C=O) groups excluding carboxylic acids is 1. The van der Waals surface area contributed by atoms with E-state index in [9.17, 15) is 4.79 Å². The van der Waals surface area contributed by atoms with Crippen molar-refractivity contribution in [2.24, 2.45) is 5.10 Å². The van der Waals surface area contributed by atoms with E-state index in [0.717, 1.165) is 10.9 Å². The minimum Gasteiger partial charge on any atom is -0.497 e. The lowest BCUT2D eigenvalue weighted by atomic mass is 9.98. The van der Waals surface area contributed by atoms with Crippen LogP contribution < -0.4 is 14.2 Å². The number of furan rings is 1.